The number of aromatic nitrogens is 2. The summed E-state index contributed by atoms with van der Waals surface area (Å²) < 4.78 is 12.7. The summed E-state index contributed by atoms with van der Waals surface area (Å²) in [6, 6.07) is 15.0. The van der Waals surface area contributed by atoms with Crippen LogP contribution >= 0.6 is 0 Å². The summed E-state index contributed by atoms with van der Waals surface area (Å²) in [5.41, 5.74) is 2.89. The van der Waals surface area contributed by atoms with Crippen molar-refractivity contribution in [1.29, 1.82) is 0 Å². The molecule has 4 rings (SSSR count). The lowest BCUT2D eigenvalue weighted by atomic mass is 10.0. The molecule has 7 heteroatoms. The first-order valence-electron chi connectivity index (χ1n) is 10.5. The largest absolute Gasteiger partial charge is 0.485 e. The van der Waals surface area contributed by atoms with E-state index >= 15 is 0 Å². The zero-order valence-corrected chi connectivity index (χ0v) is 17.8. The third-order valence-corrected chi connectivity index (χ3v) is 5.32. The van der Waals surface area contributed by atoms with E-state index in [0.29, 0.717) is 24.8 Å². The summed E-state index contributed by atoms with van der Waals surface area (Å²) in [6.07, 6.45) is 1.62. The molecule has 32 heavy (non-hydrogen) atoms. The fraction of sp³-hybridized carbons (Fsp3) is 0.320. The summed E-state index contributed by atoms with van der Waals surface area (Å²) in [6.45, 7) is 2.15. The van der Waals surface area contributed by atoms with Crippen LogP contribution in [0.3, 0.4) is 0 Å². The predicted molar refractivity (Wildman–Crippen MR) is 119 cm³/mol. The lowest BCUT2D eigenvalue weighted by Crippen LogP contribution is -2.29. The van der Waals surface area contributed by atoms with E-state index in [0.717, 1.165) is 16.7 Å². The highest BCUT2D eigenvalue weighted by molar-refractivity contribution is 5.65. The molecule has 3 N–H and O–H groups in total. The molecule has 4 atom stereocenters. The fourth-order valence-electron chi connectivity index (χ4n) is 3.56. The van der Waals surface area contributed by atoms with Crippen LogP contribution in [0, 0.1) is 11.8 Å². The molecule has 0 saturated carbocycles. The number of aliphatic hydroxyl groups is 3. The summed E-state index contributed by atoms with van der Waals surface area (Å²) >= 11 is 0. The molecule has 0 radical (unpaired) electrons. The Balaban J connectivity index is 1.44. The van der Waals surface area contributed by atoms with Crippen LogP contribution in [-0.4, -0.2) is 56.9 Å². The highest BCUT2D eigenvalue weighted by atomic mass is 16.6. The molecule has 0 spiro atoms. The number of rotatable bonds is 6. The third-order valence-electron chi connectivity index (χ3n) is 5.32. The van der Waals surface area contributed by atoms with Crippen LogP contribution in [0.2, 0.25) is 0 Å². The van der Waals surface area contributed by atoms with Crippen LogP contribution < -0.4 is 4.74 Å². The molecule has 0 unspecified atom stereocenters. The molecule has 1 fully saturated rings. The zero-order valence-electron chi connectivity index (χ0n) is 17.8. The molecule has 3 aromatic rings. The smallest absolute Gasteiger partial charge is 0.150 e. The number of aliphatic hydroxyl groups excluding tert-OH is 3. The number of imidazole rings is 1. The van der Waals surface area contributed by atoms with E-state index in [2.05, 4.69) is 16.8 Å². The van der Waals surface area contributed by atoms with Gasteiger partial charge in [0.05, 0.1) is 19.8 Å². The van der Waals surface area contributed by atoms with Gasteiger partial charge >= 0.3 is 0 Å². The first-order chi connectivity index (χ1) is 15.5. The number of hydrogen-bond acceptors (Lipinski definition) is 6. The monoisotopic (exact) mass is 434 g/mol. The molecule has 0 aliphatic carbocycles. The summed E-state index contributed by atoms with van der Waals surface area (Å²) in [4.78, 5) is 4.13. The van der Waals surface area contributed by atoms with E-state index in [1.54, 1.807) is 23.9 Å². The van der Waals surface area contributed by atoms with Crippen LogP contribution in [0.5, 0.6) is 5.75 Å². The van der Waals surface area contributed by atoms with Crippen LogP contribution in [0.4, 0.5) is 0 Å². The summed E-state index contributed by atoms with van der Waals surface area (Å²) in [5.74, 6) is 7.30. The predicted octanol–water partition coefficient (Wildman–Crippen LogP) is 2.33. The molecule has 2 heterocycles. The van der Waals surface area contributed by atoms with Gasteiger partial charge in [0.25, 0.3) is 0 Å². The highest BCUT2D eigenvalue weighted by Crippen LogP contribution is 2.24. The molecule has 1 aromatic heterocycles. The van der Waals surface area contributed by atoms with Crippen molar-refractivity contribution >= 4 is 0 Å². The average Bonchev–Trinajstić information content (AvgIpc) is 3.45. The Hall–Kier alpha value is -3.15. The Labute approximate surface area is 186 Å². The quantitative estimate of drug-likeness (QED) is 0.516. The molecule has 1 saturated heterocycles. The zero-order chi connectivity index (χ0) is 22.5. The van der Waals surface area contributed by atoms with Crippen molar-refractivity contribution < 1.29 is 24.8 Å². The van der Waals surface area contributed by atoms with Crippen molar-refractivity contribution in [1.82, 2.24) is 9.55 Å². The second-order valence-electron chi connectivity index (χ2n) is 7.70. The topological polar surface area (TPSA) is 97.0 Å². The molecule has 166 valence electrons. The van der Waals surface area contributed by atoms with Gasteiger partial charge < -0.3 is 29.4 Å². The Bertz CT molecular complexity index is 1080. The second kappa shape index (κ2) is 9.98. The maximum absolute atomic E-state index is 9.82. The summed E-state index contributed by atoms with van der Waals surface area (Å²) in [7, 11) is 0. The van der Waals surface area contributed by atoms with Crippen molar-refractivity contribution in [3.05, 3.63) is 72.3 Å². The van der Waals surface area contributed by atoms with Crippen LogP contribution in [0.15, 0.2) is 60.9 Å². The van der Waals surface area contributed by atoms with Gasteiger partial charge in [0.15, 0.2) is 0 Å². The van der Waals surface area contributed by atoms with Crippen LogP contribution in [0.1, 0.15) is 30.5 Å². The average molecular weight is 434 g/mol. The number of nitrogens with zero attached hydrogens (tertiary/aromatic N) is 2. The van der Waals surface area contributed by atoms with Gasteiger partial charge in [-0.3, -0.25) is 0 Å². The Morgan fingerprint density at radius 1 is 1.12 bits per heavy atom. The van der Waals surface area contributed by atoms with Crippen molar-refractivity contribution in [3.63, 3.8) is 0 Å². The lowest BCUT2D eigenvalue weighted by Gasteiger charge is -2.15. The van der Waals surface area contributed by atoms with Crippen molar-refractivity contribution in [2.45, 2.75) is 31.3 Å². The van der Waals surface area contributed by atoms with Gasteiger partial charge in [-0.15, -0.1) is 0 Å². The van der Waals surface area contributed by atoms with Crippen LogP contribution in [0.25, 0.3) is 11.1 Å². The van der Waals surface area contributed by atoms with Crippen molar-refractivity contribution in [3.8, 4) is 28.7 Å². The van der Waals surface area contributed by atoms with Crippen LogP contribution in [-0.2, 0) is 4.74 Å². The third kappa shape index (κ3) is 5.01. The molecule has 0 bridgehead atoms. The number of ether oxygens (including phenoxy) is 2. The maximum atomic E-state index is 9.82. The minimum Gasteiger partial charge on any atom is -0.485 e. The number of hydrogen-bond donors (Lipinski definition) is 3. The van der Waals surface area contributed by atoms with E-state index in [4.69, 9.17) is 9.47 Å². The highest BCUT2D eigenvalue weighted by Gasteiger charge is 2.27. The van der Waals surface area contributed by atoms with E-state index in [1.165, 1.54) is 0 Å². The van der Waals surface area contributed by atoms with Gasteiger partial charge in [-0.2, -0.15) is 0 Å². The Morgan fingerprint density at radius 3 is 2.41 bits per heavy atom. The Morgan fingerprint density at radius 2 is 1.81 bits per heavy atom. The summed E-state index contributed by atoms with van der Waals surface area (Å²) in [5, 5.41) is 29.4. The number of benzene rings is 2. The molecular formula is C25H26N2O5. The molecule has 2 aromatic carbocycles. The van der Waals surface area contributed by atoms with Crippen molar-refractivity contribution in [2.24, 2.45) is 0 Å². The maximum Gasteiger partial charge on any atom is 0.150 e. The van der Waals surface area contributed by atoms with Gasteiger partial charge in [0.1, 0.15) is 35.9 Å². The lowest BCUT2D eigenvalue weighted by molar-refractivity contribution is 0.0733. The van der Waals surface area contributed by atoms with Gasteiger partial charge in [-0.25, -0.2) is 4.98 Å². The van der Waals surface area contributed by atoms with E-state index in [-0.39, 0.29) is 12.7 Å². The van der Waals surface area contributed by atoms with Gasteiger partial charge in [-0.1, -0.05) is 36.1 Å². The minimum absolute atomic E-state index is 0.181. The molecule has 1 aliphatic heterocycles. The van der Waals surface area contributed by atoms with Crippen molar-refractivity contribution in [2.75, 3.05) is 19.8 Å². The van der Waals surface area contributed by atoms with E-state index < -0.39 is 18.2 Å². The molecule has 0 amide bonds. The fourth-order valence-corrected chi connectivity index (χ4v) is 3.56. The van der Waals surface area contributed by atoms with E-state index in [9.17, 15) is 15.3 Å². The van der Waals surface area contributed by atoms with Gasteiger partial charge in [0, 0.05) is 18.0 Å². The first kappa shape index (κ1) is 22.1. The normalized spacial score (nSPS) is 19.8. The Kier molecular flexibility index (Phi) is 6.88. The molecule has 1 aliphatic rings. The first-order valence-corrected chi connectivity index (χ1v) is 10.5. The molecule has 7 nitrogen and oxygen atoms in total. The van der Waals surface area contributed by atoms with Gasteiger partial charge in [-0.05, 0) is 42.3 Å². The SMILES string of the molecule is C[C@H](O)c1nccn1[C@@H](C#Cc1ccc(-c2ccc(O[C@H]3COC[C@@H]3O)cc2)cc1)CO. The second-order valence-corrected chi connectivity index (χ2v) is 7.70. The van der Waals surface area contributed by atoms with E-state index in [1.807, 2.05) is 48.5 Å². The van der Waals surface area contributed by atoms with Gasteiger partial charge in [0.2, 0.25) is 0 Å². The molecular weight excluding hydrogens is 408 g/mol. The minimum atomic E-state index is -0.742. The standard InChI is InChI=1S/C25H26N2O5/c1-17(29)25-26-12-13-27(25)21(14-28)9-4-18-2-5-19(6-3-18)20-7-10-22(11-8-20)32-24-16-31-15-23(24)30/h2-3,5-8,10-13,17,21,23-24,28-30H,14-16H2,1H3/t17-,21-,23-,24-/m0/s1.